The van der Waals surface area contributed by atoms with E-state index in [-0.39, 0.29) is 23.6 Å². The molecule has 1 saturated carbocycles. The number of hydrogen-bond acceptors (Lipinski definition) is 4. The van der Waals surface area contributed by atoms with Crippen LogP contribution in [0, 0.1) is 5.41 Å². The quantitative estimate of drug-likeness (QED) is 0.802. The minimum Gasteiger partial charge on any atom is -0.493 e. The average Bonchev–Trinajstić information content (AvgIpc) is 3.25. The Labute approximate surface area is 125 Å². The van der Waals surface area contributed by atoms with Crippen molar-refractivity contribution in [2.24, 2.45) is 5.41 Å². The molecule has 0 saturated heterocycles. The van der Waals surface area contributed by atoms with E-state index in [1.54, 1.807) is 0 Å². The van der Waals surface area contributed by atoms with Gasteiger partial charge in [-0.15, -0.1) is 0 Å². The number of halogens is 2. The van der Waals surface area contributed by atoms with E-state index in [2.05, 4.69) is 10.1 Å². The Hall–Kier alpha value is -2.38. The summed E-state index contributed by atoms with van der Waals surface area (Å²) in [6.45, 7) is -3.05. The van der Waals surface area contributed by atoms with E-state index in [4.69, 9.17) is 9.84 Å². The maximum atomic E-state index is 12.3. The number of benzene rings is 1. The van der Waals surface area contributed by atoms with Crippen molar-refractivity contribution in [2.45, 2.75) is 19.5 Å². The third-order valence-corrected chi connectivity index (χ3v) is 3.54. The van der Waals surface area contributed by atoms with Gasteiger partial charge < -0.3 is 19.9 Å². The molecule has 1 aliphatic carbocycles. The number of carboxylic acids is 1. The maximum absolute atomic E-state index is 12.3. The Morgan fingerprint density at radius 2 is 2.05 bits per heavy atom. The third-order valence-electron chi connectivity index (χ3n) is 3.54. The molecule has 0 aliphatic heterocycles. The number of rotatable bonds is 7. The molecule has 0 atom stereocenters. The summed E-state index contributed by atoms with van der Waals surface area (Å²) in [7, 11) is 1.29. The first kappa shape index (κ1) is 16.0. The minimum absolute atomic E-state index is 0.00175. The van der Waals surface area contributed by atoms with Crippen LogP contribution in [0.5, 0.6) is 11.5 Å². The molecule has 22 heavy (non-hydrogen) atoms. The van der Waals surface area contributed by atoms with Crippen LogP contribution < -0.4 is 14.8 Å². The fraction of sp³-hybridized carbons (Fsp3) is 0.429. The summed E-state index contributed by atoms with van der Waals surface area (Å²) in [6.07, 6.45) is 1.01. The zero-order valence-electron chi connectivity index (χ0n) is 11.8. The molecular formula is C14H15F2NO5. The molecule has 2 rings (SSSR count). The van der Waals surface area contributed by atoms with Gasteiger partial charge in [-0.05, 0) is 31.0 Å². The standard InChI is InChI=1S/C14H15F2NO5/c1-21-9-3-2-8(6-10(9)22-13(15)16)11(18)17-7-14(4-5-14)12(19)20/h2-3,6,13H,4-5,7H2,1H3,(H,17,18)(H,19,20). The number of aliphatic carboxylic acids is 1. The second-order valence-electron chi connectivity index (χ2n) is 5.01. The van der Waals surface area contributed by atoms with Crippen molar-refractivity contribution in [2.75, 3.05) is 13.7 Å². The number of nitrogens with one attached hydrogen (secondary N) is 1. The van der Waals surface area contributed by atoms with Gasteiger partial charge in [0.1, 0.15) is 0 Å². The van der Waals surface area contributed by atoms with Gasteiger partial charge in [0.15, 0.2) is 11.5 Å². The Balaban J connectivity index is 2.08. The zero-order chi connectivity index (χ0) is 16.3. The smallest absolute Gasteiger partial charge is 0.387 e. The Morgan fingerprint density at radius 3 is 2.55 bits per heavy atom. The fourth-order valence-corrected chi connectivity index (χ4v) is 1.97. The molecule has 0 unspecified atom stereocenters. The van der Waals surface area contributed by atoms with Crippen molar-refractivity contribution in [1.82, 2.24) is 5.32 Å². The number of carbonyl (C=O) groups is 2. The number of ether oxygens (including phenoxy) is 2. The Morgan fingerprint density at radius 1 is 1.36 bits per heavy atom. The van der Waals surface area contributed by atoms with Gasteiger partial charge in [-0.1, -0.05) is 0 Å². The lowest BCUT2D eigenvalue weighted by Gasteiger charge is -2.13. The normalized spacial score (nSPS) is 15.3. The highest BCUT2D eigenvalue weighted by atomic mass is 19.3. The maximum Gasteiger partial charge on any atom is 0.387 e. The summed E-state index contributed by atoms with van der Waals surface area (Å²) in [6, 6.07) is 3.84. The van der Waals surface area contributed by atoms with Crippen LogP contribution in [0.15, 0.2) is 18.2 Å². The van der Waals surface area contributed by atoms with Gasteiger partial charge in [0.2, 0.25) is 0 Å². The number of methoxy groups -OCH3 is 1. The number of carbonyl (C=O) groups excluding carboxylic acids is 1. The highest BCUT2D eigenvalue weighted by Crippen LogP contribution is 2.45. The van der Waals surface area contributed by atoms with Crippen molar-refractivity contribution in [3.05, 3.63) is 23.8 Å². The number of carboxylic acid groups (broad SMARTS) is 1. The van der Waals surface area contributed by atoms with Crippen LogP contribution in [0.3, 0.4) is 0 Å². The lowest BCUT2D eigenvalue weighted by molar-refractivity contribution is -0.143. The van der Waals surface area contributed by atoms with Gasteiger partial charge >= 0.3 is 12.6 Å². The molecule has 0 radical (unpaired) electrons. The van der Waals surface area contributed by atoms with Crippen LogP contribution in [-0.4, -0.2) is 37.2 Å². The van der Waals surface area contributed by atoms with Crippen LogP contribution in [0.2, 0.25) is 0 Å². The van der Waals surface area contributed by atoms with Crippen molar-refractivity contribution in [3.63, 3.8) is 0 Å². The van der Waals surface area contributed by atoms with Crippen LogP contribution in [0.4, 0.5) is 8.78 Å². The largest absolute Gasteiger partial charge is 0.493 e. The summed E-state index contributed by atoms with van der Waals surface area (Å²) >= 11 is 0. The minimum atomic E-state index is -3.05. The molecule has 6 nitrogen and oxygen atoms in total. The summed E-state index contributed by atoms with van der Waals surface area (Å²) in [5, 5.41) is 11.5. The van der Waals surface area contributed by atoms with Crippen LogP contribution in [0.1, 0.15) is 23.2 Å². The highest BCUT2D eigenvalue weighted by molar-refractivity contribution is 5.95. The second kappa shape index (κ2) is 6.17. The first-order valence-corrected chi connectivity index (χ1v) is 6.52. The molecule has 0 heterocycles. The molecule has 120 valence electrons. The van der Waals surface area contributed by atoms with Gasteiger partial charge in [-0.3, -0.25) is 9.59 Å². The lowest BCUT2D eigenvalue weighted by atomic mass is 10.1. The van der Waals surface area contributed by atoms with Gasteiger partial charge in [-0.2, -0.15) is 8.78 Å². The zero-order valence-corrected chi connectivity index (χ0v) is 11.8. The fourth-order valence-electron chi connectivity index (χ4n) is 1.97. The monoisotopic (exact) mass is 315 g/mol. The molecule has 1 amide bonds. The van der Waals surface area contributed by atoms with E-state index in [1.807, 2.05) is 0 Å². The van der Waals surface area contributed by atoms with E-state index in [0.717, 1.165) is 6.07 Å². The van der Waals surface area contributed by atoms with Gasteiger partial charge in [0.25, 0.3) is 5.91 Å². The number of hydrogen-bond donors (Lipinski definition) is 2. The SMILES string of the molecule is COc1ccc(C(=O)NCC2(C(=O)O)CC2)cc1OC(F)F. The Kier molecular flexibility index (Phi) is 4.48. The van der Waals surface area contributed by atoms with E-state index in [0.29, 0.717) is 12.8 Å². The van der Waals surface area contributed by atoms with E-state index < -0.39 is 23.9 Å². The van der Waals surface area contributed by atoms with E-state index in [1.165, 1.54) is 19.2 Å². The second-order valence-corrected chi connectivity index (χ2v) is 5.01. The van der Waals surface area contributed by atoms with Gasteiger partial charge in [-0.25, -0.2) is 0 Å². The van der Waals surface area contributed by atoms with Crippen LogP contribution in [0.25, 0.3) is 0 Å². The molecule has 1 fully saturated rings. The Bertz CT molecular complexity index is 587. The van der Waals surface area contributed by atoms with Crippen molar-refractivity contribution < 1.29 is 33.0 Å². The van der Waals surface area contributed by atoms with Crippen LogP contribution >= 0.6 is 0 Å². The molecule has 2 N–H and O–H groups in total. The summed E-state index contributed by atoms with van der Waals surface area (Å²) in [5.74, 6) is -1.70. The van der Waals surface area contributed by atoms with Gasteiger partial charge in [0, 0.05) is 12.1 Å². The van der Waals surface area contributed by atoms with Gasteiger partial charge in [0.05, 0.1) is 12.5 Å². The molecule has 0 aromatic heterocycles. The summed E-state index contributed by atoms with van der Waals surface area (Å²) in [4.78, 5) is 23.0. The third kappa shape index (κ3) is 3.44. The van der Waals surface area contributed by atoms with Crippen LogP contribution in [-0.2, 0) is 4.79 Å². The highest BCUT2D eigenvalue weighted by Gasteiger charge is 2.50. The van der Waals surface area contributed by atoms with Crippen molar-refractivity contribution in [3.8, 4) is 11.5 Å². The topological polar surface area (TPSA) is 84.9 Å². The van der Waals surface area contributed by atoms with E-state index in [9.17, 15) is 18.4 Å². The molecular weight excluding hydrogens is 300 g/mol. The number of amides is 1. The first-order valence-electron chi connectivity index (χ1n) is 6.52. The van der Waals surface area contributed by atoms with Crippen molar-refractivity contribution >= 4 is 11.9 Å². The lowest BCUT2D eigenvalue weighted by Crippen LogP contribution is -2.34. The predicted octanol–water partition coefficient (Wildman–Crippen LogP) is 1.89. The predicted molar refractivity (Wildman–Crippen MR) is 71.3 cm³/mol. The number of alkyl halides is 2. The first-order chi connectivity index (χ1) is 10.4. The molecule has 8 heteroatoms. The van der Waals surface area contributed by atoms with Crippen molar-refractivity contribution in [1.29, 1.82) is 0 Å². The molecule has 0 bridgehead atoms. The summed E-state index contributed by atoms with van der Waals surface area (Å²) < 4.78 is 33.8. The molecule has 1 aromatic rings. The van der Waals surface area contributed by atoms with E-state index >= 15 is 0 Å². The average molecular weight is 315 g/mol. The molecule has 0 spiro atoms. The molecule has 1 aliphatic rings. The summed E-state index contributed by atoms with van der Waals surface area (Å²) in [5.41, 5.74) is -0.817. The molecule has 1 aromatic carbocycles.